The third-order valence-electron chi connectivity index (χ3n) is 4.41. The lowest BCUT2D eigenvalue weighted by atomic mass is 9.77. The summed E-state index contributed by atoms with van der Waals surface area (Å²) in [6, 6.07) is 5.40. The maximum absolute atomic E-state index is 12.5. The standard InChI is InChI=1S/C17H13ClN2O4/c18-10-5-14-13(22-7-23-14)4-8(10)15-9(6-19)17(20)24-12-3-1-2-11(21)16(12)15/h4-5,15H,1-3,7,20H2/t15-/m1/s1. The Kier molecular flexibility index (Phi) is 3.39. The molecule has 0 fully saturated rings. The molecule has 24 heavy (non-hydrogen) atoms. The van der Waals surface area contributed by atoms with E-state index >= 15 is 0 Å². The van der Waals surface area contributed by atoms with E-state index < -0.39 is 5.92 Å². The monoisotopic (exact) mass is 344 g/mol. The second-order valence-electron chi connectivity index (χ2n) is 5.77. The molecule has 0 bridgehead atoms. The molecule has 0 spiro atoms. The van der Waals surface area contributed by atoms with Crippen LogP contribution in [0.2, 0.25) is 5.02 Å². The average molecular weight is 345 g/mol. The number of hydrogen-bond donors (Lipinski definition) is 1. The van der Waals surface area contributed by atoms with E-state index in [4.69, 9.17) is 31.5 Å². The zero-order valence-corrected chi connectivity index (χ0v) is 13.4. The Labute approximate surface area is 143 Å². The van der Waals surface area contributed by atoms with Crippen molar-refractivity contribution >= 4 is 17.4 Å². The summed E-state index contributed by atoms with van der Waals surface area (Å²) in [5.41, 5.74) is 7.16. The van der Waals surface area contributed by atoms with E-state index in [1.807, 2.05) is 0 Å². The van der Waals surface area contributed by atoms with E-state index in [1.54, 1.807) is 12.1 Å². The Morgan fingerprint density at radius 2 is 2.00 bits per heavy atom. The van der Waals surface area contributed by atoms with Crippen molar-refractivity contribution in [1.29, 1.82) is 5.26 Å². The number of allylic oxidation sites excluding steroid dienone is 3. The summed E-state index contributed by atoms with van der Waals surface area (Å²) in [4.78, 5) is 12.5. The molecular formula is C17H13ClN2O4. The molecule has 1 aromatic rings. The first-order valence-electron chi connectivity index (χ1n) is 7.53. The predicted molar refractivity (Wildman–Crippen MR) is 84.1 cm³/mol. The van der Waals surface area contributed by atoms with Crippen LogP contribution in [0.25, 0.3) is 0 Å². The summed E-state index contributed by atoms with van der Waals surface area (Å²) < 4.78 is 16.3. The average Bonchev–Trinajstić information content (AvgIpc) is 3.00. The molecule has 1 aromatic carbocycles. The van der Waals surface area contributed by atoms with Crippen molar-refractivity contribution < 1.29 is 19.0 Å². The molecule has 1 aliphatic carbocycles. The number of nitriles is 1. The van der Waals surface area contributed by atoms with Crippen molar-refractivity contribution in [3.63, 3.8) is 0 Å². The van der Waals surface area contributed by atoms with Gasteiger partial charge in [-0.1, -0.05) is 11.6 Å². The Hall–Kier alpha value is -2.65. The van der Waals surface area contributed by atoms with Gasteiger partial charge in [0.1, 0.15) is 17.4 Å². The molecule has 0 saturated carbocycles. The summed E-state index contributed by atoms with van der Waals surface area (Å²) >= 11 is 6.41. The third-order valence-corrected chi connectivity index (χ3v) is 4.74. The third kappa shape index (κ3) is 2.13. The van der Waals surface area contributed by atoms with Gasteiger partial charge in [0, 0.05) is 29.5 Å². The number of ether oxygens (including phenoxy) is 3. The Bertz CT molecular complexity index is 866. The van der Waals surface area contributed by atoms with Crippen LogP contribution in [0, 0.1) is 11.3 Å². The van der Waals surface area contributed by atoms with Crippen molar-refractivity contribution in [3.8, 4) is 17.6 Å². The molecule has 0 radical (unpaired) electrons. The Morgan fingerprint density at radius 1 is 1.25 bits per heavy atom. The topological polar surface area (TPSA) is 94.6 Å². The van der Waals surface area contributed by atoms with Crippen LogP contribution in [0.5, 0.6) is 11.5 Å². The summed E-state index contributed by atoms with van der Waals surface area (Å²) in [5, 5.41) is 9.94. The molecule has 3 aliphatic rings. The number of halogens is 1. The van der Waals surface area contributed by atoms with Crippen LogP contribution < -0.4 is 15.2 Å². The van der Waals surface area contributed by atoms with E-state index in [2.05, 4.69) is 6.07 Å². The van der Waals surface area contributed by atoms with E-state index in [0.717, 1.165) is 0 Å². The Morgan fingerprint density at radius 3 is 2.75 bits per heavy atom. The van der Waals surface area contributed by atoms with Crippen molar-refractivity contribution in [2.45, 2.75) is 25.2 Å². The van der Waals surface area contributed by atoms with Crippen molar-refractivity contribution in [3.05, 3.63) is 45.5 Å². The van der Waals surface area contributed by atoms with Crippen LogP contribution in [0.3, 0.4) is 0 Å². The minimum Gasteiger partial charge on any atom is -0.454 e. The highest BCUT2D eigenvalue weighted by molar-refractivity contribution is 6.31. The lowest BCUT2D eigenvalue weighted by Crippen LogP contribution is -2.27. The molecule has 7 heteroatoms. The van der Waals surface area contributed by atoms with Gasteiger partial charge in [0.2, 0.25) is 12.7 Å². The van der Waals surface area contributed by atoms with E-state index in [0.29, 0.717) is 52.7 Å². The highest BCUT2D eigenvalue weighted by Crippen LogP contribution is 2.48. The summed E-state index contributed by atoms with van der Waals surface area (Å²) in [5.74, 6) is 0.924. The second kappa shape index (κ2) is 5.46. The first-order valence-corrected chi connectivity index (χ1v) is 7.91. The molecule has 0 amide bonds. The number of carbonyl (C=O) groups excluding carboxylic acids is 1. The molecule has 0 aromatic heterocycles. The van der Waals surface area contributed by atoms with Gasteiger partial charge in [-0.15, -0.1) is 0 Å². The molecule has 6 nitrogen and oxygen atoms in total. The molecule has 2 N–H and O–H groups in total. The molecular weight excluding hydrogens is 332 g/mol. The fourth-order valence-corrected chi connectivity index (χ4v) is 3.58. The highest BCUT2D eigenvalue weighted by Gasteiger charge is 2.39. The van der Waals surface area contributed by atoms with Crippen LogP contribution in [-0.2, 0) is 9.53 Å². The fraction of sp³-hybridized carbons (Fsp3) is 0.294. The Balaban J connectivity index is 1.93. The number of hydrogen-bond acceptors (Lipinski definition) is 6. The lowest BCUT2D eigenvalue weighted by Gasteiger charge is -2.31. The molecule has 2 aliphatic heterocycles. The normalized spacial score (nSPS) is 22.2. The minimum absolute atomic E-state index is 0.0182. The van der Waals surface area contributed by atoms with Gasteiger partial charge < -0.3 is 19.9 Å². The van der Waals surface area contributed by atoms with Gasteiger partial charge in [0.05, 0.1) is 5.92 Å². The van der Waals surface area contributed by atoms with Crippen LogP contribution in [0.4, 0.5) is 0 Å². The van der Waals surface area contributed by atoms with E-state index in [9.17, 15) is 10.1 Å². The first-order chi connectivity index (χ1) is 11.6. The molecule has 1 atom stereocenters. The van der Waals surface area contributed by atoms with Crippen LogP contribution >= 0.6 is 11.6 Å². The summed E-state index contributed by atoms with van der Waals surface area (Å²) in [7, 11) is 0. The number of benzene rings is 1. The quantitative estimate of drug-likeness (QED) is 0.841. The highest BCUT2D eigenvalue weighted by atomic mass is 35.5. The van der Waals surface area contributed by atoms with Gasteiger partial charge in [0.25, 0.3) is 0 Å². The molecule has 2 heterocycles. The van der Waals surface area contributed by atoms with Gasteiger partial charge in [-0.05, 0) is 18.1 Å². The van der Waals surface area contributed by atoms with E-state index in [1.165, 1.54) is 0 Å². The number of carbonyl (C=O) groups is 1. The maximum atomic E-state index is 12.5. The van der Waals surface area contributed by atoms with Gasteiger partial charge in [0.15, 0.2) is 17.3 Å². The molecule has 4 rings (SSSR count). The van der Waals surface area contributed by atoms with Crippen molar-refractivity contribution in [2.75, 3.05) is 6.79 Å². The summed E-state index contributed by atoms with van der Waals surface area (Å²) in [6.07, 6.45) is 1.73. The fourth-order valence-electron chi connectivity index (χ4n) is 3.32. The minimum atomic E-state index is -0.645. The SMILES string of the molecule is N#CC1=C(N)OC2=C(C(=O)CCC2)[C@@H]1c1cc2c(cc1Cl)OCO2. The van der Waals surface area contributed by atoms with Crippen LogP contribution in [0.1, 0.15) is 30.7 Å². The molecule has 0 saturated heterocycles. The second-order valence-corrected chi connectivity index (χ2v) is 6.17. The number of nitrogens with zero attached hydrogens (tertiary/aromatic N) is 1. The zero-order chi connectivity index (χ0) is 16.8. The predicted octanol–water partition coefficient (Wildman–Crippen LogP) is 2.88. The number of fused-ring (bicyclic) bond motifs is 1. The first kappa shape index (κ1) is 14.9. The number of nitrogens with two attached hydrogens (primary N) is 1. The van der Waals surface area contributed by atoms with Gasteiger partial charge in [-0.2, -0.15) is 5.26 Å². The number of rotatable bonds is 1. The van der Waals surface area contributed by atoms with Crippen molar-refractivity contribution in [2.24, 2.45) is 5.73 Å². The van der Waals surface area contributed by atoms with Crippen LogP contribution in [-0.4, -0.2) is 12.6 Å². The number of ketones is 1. The summed E-state index contributed by atoms with van der Waals surface area (Å²) in [6.45, 7) is 0.110. The van der Waals surface area contributed by atoms with Gasteiger partial charge >= 0.3 is 0 Å². The largest absolute Gasteiger partial charge is 0.454 e. The smallest absolute Gasteiger partial charge is 0.231 e. The van der Waals surface area contributed by atoms with Crippen LogP contribution in [0.15, 0.2) is 34.9 Å². The van der Waals surface area contributed by atoms with Gasteiger partial charge in [-0.3, -0.25) is 4.79 Å². The molecule has 0 unspecified atom stereocenters. The van der Waals surface area contributed by atoms with Crippen molar-refractivity contribution in [1.82, 2.24) is 0 Å². The maximum Gasteiger partial charge on any atom is 0.231 e. The van der Waals surface area contributed by atoms with E-state index in [-0.39, 0.29) is 24.0 Å². The molecule has 122 valence electrons. The zero-order valence-electron chi connectivity index (χ0n) is 12.6. The lowest BCUT2D eigenvalue weighted by molar-refractivity contribution is -0.116. The van der Waals surface area contributed by atoms with Gasteiger partial charge in [-0.25, -0.2) is 0 Å². The number of Topliss-reactive ketones (excluding diaryl/α,β-unsaturated/α-hetero) is 1.